The number of rotatable bonds is 9. The van der Waals surface area contributed by atoms with Gasteiger partial charge in [-0.15, -0.1) is 0 Å². The lowest BCUT2D eigenvalue weighted by Gasteiger charge is -2.26. The molecule has 0 bridgehead atoms. The molecule has 0 radical (unpaired) electrons. The van der Waals surface area contributed by atoms with Crippen molar-refractivity contribution in [2.24, 2.45) is 0 Å². The number of Topliss-reactive ketones (excluding diaryl/α,β-unsaturated/α-hetero) is 1. The molecule has 3 rings (SSSR count). The quantitative estimate of drug-likeness (QED) is 0.335. The van der Waals surface area contributed by atoms with E-state index in [-0.39, 0.29) is 36.2 Å². The molecule has 1 atom stereocenters. The van der Waals surface area contributed by atoms with Crippen molar-refractivity contribution in [1.29, 1.82) is 0 Å². The summed E-state index contributed by atoms with van der Waals surface area (Å²) in [4.78, 5) is 27.2. The zero-order chi connectivity index (χ0) is 24.1. The molecule has 0 aliphatic carbocycles. The van der Waals surface area contributed by atoms with Gasteiger partial charge in [0, 0.05) is 17.7 Å². The Morgan fingerprint density at radius 2 is 1.88 bits per heavy atom. The molecule has 1 unspecified atom stereocenters. The van der Waals surface area contributed by atoms with E-state index < -0.39 is 23.5 Å². The molecule has 1 aliphatic heterocycles. The summed E-state index contributed by atoms with van der Waals surface area (Å²) in [7, 11) is 0. The van der Waals surface area contributed by atoms with E-state index in [1.165, 1.54) is 23.1 Å². The molecule has 33 heavy (non-hydrogen) atoms. The third-order valence-electron chi connectivity index (χ3n) is 5.43. The van der Waals surface area contributed by atoms with E-state index in [4.69, 9.17) is 9.47 Å². The molecule has 0 saturated carbocycles. The number of amides is 1. The van der Waals surface area contributed by atoms with Gasteiger partial charge in [0.2, 0.25) is 0 Å². The monoisotopic (exact) mass is 455 g/mol. The van der Waals surface area contributed by atoms with Gasteiger partial charge >= 0.3 is 0 Å². The standard InChI is InChI=1S/C26H30FNO5/c1-5-13-33-21-11-10-18(15-17(21)4)24(29)22-23(19-8-6-7-9-20(19)27)28(26(31)25(22)30)12-14-32-16(2)3/h6-11,15-16,23,29H,5,12-14H2,1-4H3/b24-22+. The predicted molar refractivity (Wildman–Crippen MR) is 123 cm³/mol. The summed E-state index contributed by atoms with van der Waals surface area (Å²) < 4.78 is 26.0. The summed E-state index contributed by atoms with van der Waals surface area (Å²) in [6.45, 7) is 8.38. The Kier molecular flexibility index (Phi) is 7.87. The van der Waals surface area contributed by atoms with Gasteiger partial charge in [-0.2, -0.15) is 0 Å². The molecule has 1 aliphatic rings. The van der Waals surface area contributed by atoms with Gasteiger partial charge in [0.25, 0.3) is 11.7 Å². The Balaban J connectivity index is 2.08. The average Bonchev–Trinajstić information content (AvgIpc) is 3.02. The maximum absolute atomic E-state index is 14.8. The number of aliphatic hydroxyl groups excluding tert-OH is 1. The highest BCUT2D eigenvalue weighted by Gasteiger charge is 2.46. The van der Waals surface area contributed by atoms with Crippen LogP contribution in [0.25, 0.3) is 5.76 Å². The van der Waals surface area contributed by atoms with Gasteiger partial charge in [-0.25, -0.2) is 4.39 Å². The van der Waals surface area contributed by atoms with Gasteiger partial charge in [0.15, 0.2) is 0 Å². The van der Waals surface area contributed by atoms with Gasteiger partial charge in [0.1, 0.15) is 17.3 Å². The number of ether oxygens (including phenoxy) is 2. The van der Waals surface area contributed by atoms with Crippen LogP contribution in [0.3, 0.4) is 0 Å². The minimum atomic E-state index is -1.06. The number of halogens is 1. The van der Waals surface area contributed by atoms with Crippen LogP contribution >= 0.6 is 0 Å². The van der Waals surface area contributed by atoms with Gasteiger partial charge in [-0.05, 0) is 57.0 Å². The number of aliphatic hydroxyl groups is 1. The molecule has 1 amide bonds. The second-order valence-electron chi connectivity index (χ2n) is 8.26. The molecule has 1 heterocycles. The van der Waals surface area contributed by atoms with Crippen molar-refractivity contribution >= 4 is 17.4 Å². The van der Waals surface area contributed by atoms with Crippen molar-refractivity contribution in [1.82, 2.24) is 4.90 Å². The summed E-state index contributed by atoms with van der Waals surface area (Å²) in [5, 5.41) is 11.1. The van der Waals surface area contributed by atoms with Crippen molar-refractivity contribution in [3.8, 4) is 5.75 Å². The fourth-order valence-electron chi connectivity index (χ4n) is 3.84. The third-order valence-corrected chi connectivity index (χ3v) is 5.43. The summed E-state index contributed by atoms with van der Waals surface area (Å²) >= 11 is 0. The molecular formula is C26H30FNO5. The minimum absolute atomic E-state index is 0.0647. The van der Waals surface area contributed by atoms with Crippen LogP contribution < -0.4 is 4.74 Å². The predicted octanol–water partition coefficient (Wildman–Crippen LogP) is 4.77. The zero-order valence-electron chi connectivity index (χ0n) is 19.4. The first-order chi connectivity index (χ1) is 15.8. The maximum atomic E-state index is 14.8. The van der Waals surface area contributed by atoms with Gasteiger partial charge in [-0.3, -0.25) is 9.59 Å². The van der Waals surface area contributed by atoms with Crippen molar-refractivity contribution < 1.29 is 28.6 Å². The van der Waals surface area contributed by atoms with E-state index in [0.29, 0.717) is 17.9 Å². The number of hydrogen-bond acceptors (Lipinski definition) is 5. The topological polar surface area (TPSA) is 76.1 Å². The van der Waals surface area contributed by atoms with Crippen molar-refractivity contribution in [2.75, 3.05) is 19.8 Å². The molecular weight excluding hydrogens is 425 g/mol. The normalized spacial score (nSPS) is 17.8. The van der Waals surface area contributed by atoms with E-state index in [0.717, 1.165) is 12.0 Å². The number of ketones is 1. The van der Waals surface area contributed by atoms with Crippen LogP contribution in [0.2, 0.25) is 0 Å². The maximum Gasteiger partial charge on any atom is 0.295 e. The second kappa shape index (κ2) is 10.6. The number of carbonyl (C=O) groups excluding carboxylic acids is 2. The Morgan fingerprint density at radius 3 is 2.52 bits per heavy atom. The molecule has 7 heteroatoms. The molecule has 2 aromatic carbocycles. The van der Waals surface area contributed by atoms with E-state index in [1.807, 2.05) is 27.7 Å². The molecule has 176 valence electrons. The number of carbonyl (C=O) groups is 2. The largest absolute Gasteiger partial charge is 0.507 e. The van der Waals surface area contributed by atoms with Crippen LogP contribution in [-0.4, -0.2) is 47.6 Å². The Bertz CT molecular complexity index is 1060. The van der Waals surface area contributed by atoms with Crippen LogP contribution in [0.5, 0.6) is 5.75 Å². The molecule has 1 N–H and O–H groups in total. The van der Waals surface area contributed by atoms with Crippen LogP contribution in [0.4, 0.5) is 4.39 Å². The van der Waals surface area contributed by atoms with Gasteiger partial charge in [-0.1, -0.05) is 25.1 Å². The molecule has 2 aromatic rings. The first-order valence-corrected chi connectivity index (χ1v) is 11.1. The van der Waals surface area contributed by atoms with Crippen molar-refractivity contribution in [2.45, 2.75) is 46.3 Å². The Labute approximate surface area is 193 Å². The van der Waals surface area contributed by atoms with Gasteiger partial charge < -0.3 is 19.5 Å². The fraction of sp³-hybridized carbons (Fsp3) is 0.385. The van der Waals surface area contributed by atoms with Crippen LogP contribution in [0, 0.1) is 12.7 Å². The second-order valence-corrected chi connectivity index (χ2v) is 8.26. The summed E-state index contributed by atoms with van der Waals surface area (Å²) in [5.74, 6) is -1.89. The first kappa shape index (κ1) is 24.5. The molecule has 0 spiro atoms. The highest BCUT2D eigenvalue weighted by molar-refractivity contribution is 6.46. The number of hydrogen-bond donors (Lipinski definition) is 1. The van der Waals surface area contributed by atoms with Crippen molar-refractivity contribution in [3.05, 3.63) is 70.5 Å². The summed E-state index contributed by atoms with van der Waals surface area (Å²) in [6, 6.07) is 9.92. The number of nitrogens with zero attached hydrogens (tertiary/aromatic N) is 1. The smallest absolute Gasteiger partial charge is 0.295 e. The van der Waals surface area contributed by atoms with Crippen LogP contribution in [0.15, 0.2) is 48.0 Å². The van der Waals surface area contributed by atoms with Crippen LogP contribution in [0.1, 0.15) is 49.9 Å². The highest BCUT2D eigenvalue weighted by atomic mass is 19.1. The molecule has 0 aromatic heterocycles. The molecule has 1 saturated heterocycles. The van der Waals surface area contributed by atoms with Gasteiger partial charge in [0.05, 0.1) is 30.9 Å². The number of benzene rings is 2. The van der Waals surface area contributed by atoms with E-state index in [9.17, 15) is 19.1 Å². The number of likely N-dealkylation sites (tertiary alicyclic amines) is 1. The number of aryl methyl sites for hydroxylation is 1. The third kappa shape index (κ3) is 5.25. The summed E-state index contributed by atoms with van der Waals surface area (Å²) in [5.41, 5.74) is 1.13. The lowest BCUT2D eigenvalue weighted by atomic mass is 9.94. The highest BCUT2D eigenvalue weighted by Crippen LogP contribution is 2.40. The van der Waals surface area contributed by atoms with E-state index in [2.05, 4.69) is 0 Å². The average molecular weight is 456 g/mol. The van der Waals surface area contributed by atoms with E-state index >= 15 is 0 Å². The Hall–Kier alpha value is -3.19. The Morgan fingerprint density at radius 1 is 1.15 bits per heavy atom. The summed E-state index contributed by atoms with van der Waals surface area (Å²) in [6.07, 6.45) is 0.790. The van der Waals surface area contributed by atoms with E-state index in [1.54, 1.807) is 24.3 Å². The SMILES string of the molecule is CCCOc1ccc(/C(O)=C2\C(=O)C(=O)N(CCOC(C)C)C2c2ccccc2F)cc1C. The molecule has 6 nitrogen and oxygen atoms in total. The zero-order valence-corrected chi connectivity index (χ0v) is 19.4. The molecule has 1 fully saturated rings. The lowest BCUT2D eigenvalue weighted by molar-refractivity contribution is -0.140. The van der Waals surface area contributed by atoms with Crippen LogP contribution in [-0.2, 0) is 14.3 Å². The fourth-order valence-corrected chi connectivity index (χ4v) is 3.84. The van der Waals surface area contributed by atoms with Crippen molar-refractivity contribution in [3.63, 3.8) is 0 Å². The lowest BCUT2D eigenvalue weighted by Crippen LogP contribution is -2.33. The minimum Gasteiger partial charge on any atom is -0.507 e. The first-order valence-electron chi connectivity index (χ1n) is 11.1.